The minimum atomic E-state index is -0.713. The molecule has 0 radical (unpaired) electrons. The van der Waals surface area contributed by atoms with Crippen molar-refractivity contribution in [2.24, 2.45) is 5.73 Å². The summed E-state index contributed by atoms with van der Waals surface area (Å²) in [5, 5.41) is 0.669. The molecule has 0 aliphatic heterocycles. The molecule has 0 aliphatic rings. The molecule has 106 valence electrons. The highest BCUT2D eigenvalue weighted by molar-refractivity contribution is 5.92. The molecule has 0 saturated carbocycles. The van der Waals surface area contributed by atoms with Crippen LogP contribution in [0.4, 0.5) is 10.6 Å². The van der Waals surface area contributed by atoms with Crippen molar-refractivity contribution >= 4 is 22.8 Å². The first kappa shape index (κ1) is 13.7. The molecular formula is C12H15N5O3. The lowest BCUT2D eigenvalue weighted by molar-refractivity contribution is 0.250. The van der Waals surface area contributed by atoms with Crippen LogP contribution in [0.3, 0.4) is 0 Å². The van der Waals surface area contributed by atoms with E-state index in [4.69, 9.17) is 15.2 Å². The number of hydrogen-bond donors (Lipinski definition) is 3. The summed E-state index contributed by atoms with van der Waals surface area (Å²) >= 11 is 0. The molecule has 4 N–H and O–H groups in total. The molecule has 0 fully saturated rings. The first-order chi connectivity index (χ1) is 9.55. The van der Waals surface area contributed by atoms with Crippen molar-refractivity contribution in [2.45, 2.75) is 6.92 Å². The Kier molecular flexibility index (Phi) is 3.74. The van der Waals surface area contributed by atoms with Crippen LogP contribution in [0.25, 0.3) is 10.9 Å². The topological polar surface area (TPSA) is 111 Å². The Morgan fingerprint density at radius 1 is 1.20 bits per heavy atom. The van der Waals surface area contributed by atoms with Crippen molar-refractivity contribution in [3.8, 4) is 11.5 Å². The quantitative estimate of drug-likeness (QED) is 0.717. The fraction of sp³-hybridized carbons (Fsp3) is 0.250. The van der Waals surface area contributed by atoms with Crippen LogP contribution in [0.15, 0.2) is 12.1 Å². The lowest BCUT2D eigenvalue weighted by atomic mass is 10.2. The predicted molar refractivity (Wildman–Crippen MR) is 73.7 cm³/mol. The number of aryl methyl sites for hydroxylation is 1. The number of anilines is 1. The third-order valence-corrected chi connectivity index (χ3v) is 2.62. The van der Waals surface area contributed by atoms with Crippen LogP contribution in [0.1, 0.15) is 5.82 Å². The first-order valence-corrected chi connectivity index (χ1v) is 5.77. The maximum Gasteiger partial charge on any atom is 0.330 e. The molecule has 2 aromatic rings. The molecule has 0 bridgehead atoms. The normalized spacial score (nSPS) is 10.2. The number of amides is 2. The number of hydrogen-bond acceptors (Lipinski definition) is 6. The second-order valence-electron chi connectivity index (χ2n) is 3.96. The van der Waals surface area contributed by atoms with E-state index in [1.165, 1.54) is 7.11 Å². The Morgan fingerprint density at radius 2 is 1.85 bits per heavy atom. The standard InChI is InChI=1S/C12H15N5O3/c1-6-14-8-5-10(20-3)9(19-2)4-7(8)11(15-6)16-17-12(13)18/h4-5H,1-3H3,(H3,13,17,18)(H,14,15,16). The number of hydrazine groups is 1. The van der Waals surface area contributed by atoms with Crippen LogP contribution >= 0.6 is 0 Å². The van der Waals surface area contributed by atoms with E-state index in [0.29, 0.717) is 34.0 Å². The molecule has 8 nitrogen and oxygen atoms in total. The van der Waals surface area contributed by atoms with E-state index in [2.05, 4.69) is 20.8 Å². The van der Waals surface area contributed by atoms with E-state index in [-0.39, 0.29) is 0 Å². The van der Waals surface area contributed by atoms with Crippen molar-refractivity contribution in [1.29, 1.82) is 0 Å². The van der Waals surface area contributed by atoms with Crippen LogP contribution in [0.2, 0.25) is 0 Å². The molecule has 2 rings (SSSR count). The van der Waals surface area contributed by atoms with E-state index >= 15 is 0 Å². The molecule has 1 heterocycles. The van der Waals surface area contributed by atoms with Crippen molar-refractivity contribution in [1.82, 2.24) is 15.4 Å². The molecule has 0 spiro atoms. The fourth-order valence-electron chi connectivity index (χ4n) is 1.79. The van der Waals surface area contributed by atoms with Crippen LogP contribution in [-0.4, -0.2) is 30.2 Å². The summed E-state index contributed by atoms with van der Waals surface area (Å²) in [7, 11) is 3.08. The highest BCUT2D eigenvalue weighted by atomic mass is 16.5. The van der Waals surface area contributed by atoms with E-state index in [9.17, 15) is 4.79 Å². The zero-order chi connectivity index (χ0) is 14.7. The van der Waals surface area contributed by atoms with E-state index in [1.807, 2.05) is 0 Å². The van der Waals surface area contributed by atoms with Gasteiger partial charge < -0.3 is 15.2 Å². The number of nitrogens with one attached hydrogen (secondary N) is 2. The van der Waals surface area contributed by atoms with E-state index in [1.54, 1.807) is 26.2 Å². The average Bonchev–Trinajstić information content (AvgIpc) is 2.42. The molecule has 0 saturated heterocycles. The lowest BCUT2D eigenvalue weighted by Gasteiger charge is -2.12. The Labute approximate surface area is 115 Å². The molecule has 1 aromatic heterocycles. The number of urea groups is 1. The monoisotopic (exact) mass is 277 g/mol. The number of aromatic nitrogens is 2. The summed E-state index contributed by atoms with van der Waals surface area (Å²) < 4.78 is 10.5. The van der Waals surface area contributed by atoms with Gasteiger partial charge in [0.05, 0.1) is 19.7 Å². The predicted octanol–water partition coefficient (Wildman–Crippen LogP) is 0.951. The fourth-order valence-corrected chi connectivity index (χ4v) is 1.79. The van der Waals surface area contributed by atoms with Gasteiger partial charge in [-0.15, -0.1) is 0 Å². The summed E-state index contributed by atoms with van der Waals surface area (Å²) in [5.41, 5.74) is 10.6. The number of rotatable bonds is 4. The minimum absolute atomic E-state index is 0.423. The number of nitrogens with zero attached hydrogens (tertiary/aromatic N) is 2. The molecule has 0 unspecified atom stereocenters. The van der Waals surface area contributed by atoms with E-state index in [0.717, 1.165) is 0 Å². The summed E-state index contributed by atoms with van der Waals surface area (Å²) in [6, 6.07) is 2.74. The van der Waals surface area contributed by atoms with Gasteiger partial charge in [-0.25, -0.2) is 14.8 Å². The van der Waals surface area contributed by atoms with Gasteiger partial charge in [-0.05, 0) is 13.0 Å². The van der Waals surface area contributed by atoms with Gasteiger partial charge in [0.1, 0.15) is 5.82 Å². The van der Waals surface area contributed by atoms with E-state index < -0.39 is 6.03 Å². The molecule has 1 aromatic carbocycles. The molecule has 8 heteroatoms. The van der Waals surface area contributed by atoms with Crippen molar-refractivity contribution in [3.05, 3.63) is 18.0 Å². The second-order valence-corrected chi connectivity index (χ2v) is 3.96. The SMILES string of the molecule is COc1cc2nc(C)nc(NNC(N)=O)c2cc1OC. The van der Waals surface area contributed by atoms with Gasteiger partial charge in [-0.2, -0.15) is 0 Å². The van der Waals surface area contributed by atoms with Crippen molar-refractivity contribution < 1.29 is 14.3 Å². The number of carbonyl (C=O) groups excluding carboxylic acids is 1. The van der Waals surface area contributed by atoms with Crippen molar-refractivity contribution in [3.63, 3.8) is 0 Å². The summed E-state index contributed by atoms with van der Waals surface area (Å²) in [4.78, 5) is 19.3. The Hall–Kier alpha value is -2.77. The van der Waals surface area contributed by atoms with Gasteiger partial charge in [-0.3, -0.25) is 10.9 Å². The van der Waals surface area contributed by atoms with Gasteiger partial charge >= 0.3 is 6.03 Å². The van der Waals surface area contributed by atoms with Crippen LogP contribution in [0, 0.1) is 6.92 Å². The zero-order valence-corrected chi connectivity index (χ0v) is 11.4. The van der Waals surface area contributed by atoms with Gasteiger partial charge in [-0.1, -0.05) is 0 Å². The maximum atomic E-state index is 10.8. The lowest BCUT2D eigenvalue weighted by Crippen LogP contribution is -2.34. The molecule has 0 atom stereocenters. The Balaban J connectivity index is 2.58. The minimum Gasteiger partial charge on any atom is -0.493 e. The molecule has 20 heavy (non-hydrogen) atoms. The average molecular weight is 277 g/mol. The number of fused-ring (bicyclic) bond motifs is 1. The largest absolute Gasteiger partial charge is 0.493 e. The summed E-state index contributed by atoms with van der Waals surface area (Å²) in [6.45, 7) is 1.74. The first-order valence-electron chi connectivity index (χ1n) is 5.77. The number of methoxy groups -OCH3 is 2. The highest BCUT2D eigenvalue weighted by Crippen LogP contribution is 2.33. The number of benzene rings is 1. The maximum absolute atomic E-state index is 10.8. The number of carbonyl (C=O) groups is 1. The third-order valence-electron chi connectivity index (χ3n) is 2.62. The smallest absolute Gasteiger partial charge is 0.330 e. The number of ether oxygens (including phenoxy) is 2. The molecular weight excluding hydrogens is 262 g/mol. The third kappa shape index (κ3) is 2.63. The van der Waals surface area contributed by atoms with Gasteiger partial charge in [0, 0.05) is 11.5 Å². The zero-order valence-electron chi connectivity index (χ0n) is 11.4. The van der Waals surface area contributed by atoms with Gasteiger partial charge in [0.2, 0.25) is 0 Å². The summed E-state index contributed by atoms with van der Waals surface area (Å²) in [5.74, 6) is 2.06. The summed E-state index contributed by atoms with van der Waals surface area (Å²) in [6.07, 6.45) is 0. The van der Waals surface area contributed by atoms with Gasteiger partial charge in [0.25, 0.3) is 0 Å². The molecule has 2 amide bonds. The van der Waals surface area contributed by atoms with Crippen LogP contribution in [-0.2, 0) is 0 Å². The van der Waals surface area contributed by atoms with Crippen LogP contribution in [0.5, 0.6) is 11.5 Å². The van der Waals surface area contributed by atoms with Crippen molar-refractivity contribution in [2.75, 3.05) is 19.6 Å². The molecule has 0 aliphatic carbocycles. The second kappa shape index (κ2) is 5.47. The Bertz CT molecular complexity index is 659. The van der Waals surface area contributed by atoms with Gasteiger partial charge in [0.15, 0.2) is 17.3 Å². The number of nitrogens with two attached hydrogens (primary N) is 1. The number of primary amides is 1. The highest BCUT2D eigenvalue weighted by Gasteiger charge is 2.12. The Morgan fingerprint density at radius 3 is 2.45 bits per heavy atom. The van der Waals surface area contributed by atoms with Crippen LogP contribution < -0.4 is 26.1 Å².